The van der Waals surface area contributed by atoms with Gasteiger partial charge in [0.2, 0.25) is 0 Å². The van der Waals surface area contributed by atoms with E-state index >= 15 is 0 Å². The number of anilines is 2. The van der Waals surface area contributed by atoms with Gasteiger partial charge in [-0.3, -0.25) is 4.79 Å². The highest BCUT2D eigenvalue weighted by Crippen LogP contribution is 2.32. The smallest absolute Gasteiger partial charge is 0.253 e. The third-order valence-electron chi connectivity index (χ3n) is 5.90. The molecule has 30 heavy (non-hydrogen) atoms. The highest BCUT2D eigenvalue weighted by Gasteiger charge is 2.25. The predicted octanol–water partition coefficient (Wildman–Crippen LogP) is 3.57. The first-order chi connectivity index (χ1) is 14.7. The second-order valence-corrected chi connectivity index (χ2v) is 7.82. The van der Waals surface area contributed by atoms with Crippen molar-refractivity contribution in [3.8, 4) is 5.75 Å². The lowest BCUT2D eigenvalue weighted by molar-refractivity contribution is -0.124. The summed E-state index contributed by atoms with van der Waals surface area (Å²) in [6, 6.07) is 14.2. The summed E-state index contributed by atoms with van der Waals surface area (Å²) in [6.45, 7) is 3.23. The van der Waals surface area contributed by atoms with Crippen LogP contribution in [0.15, 0.2) is 42.5 Å². The molecular formula is C23H26N4O3. The first-order valence-electron chi connectivity index (χ1n) is 10.5. The minimum Gasteiger partial charge on any atom is -0.495 e. The lowest BCUT2D eigenvalue weighted by atomic mass is 10.2. The maximum atomic E-state index is 12.6. The second-order valence-electron chi connectivity index (χ2n) is 7.82. The highest BCUT2D eigenvalue weighted by atomic mass is 16.5. The van der Waals surface area contributed by atoms with Crippen LogP contribution in [0.3, 0.4) is 0 Å². The van der Waals surface area contributed by atoms with Gasteiger partial charge in [-0.05, 0) is 49.6 Å². The molecule has 0 spiro atoms. The van der Waals surface area contributed by atoms with Crippen molar-refractivity contribution in [2.24, 2.45) is 0 Å². The van der Waals surface area contributed by atoms with Crippen LogP contribution in [-0.4, -0.2) is 41.8 Å². The van der Waals surface area contributed by atoms with Gasteiger partial charge in [0, 0.05) is 25.4 Å². The number of carbonyl (C=O) groups excluding carboxylic acids is 1. The molecule has 156 valence electrons. The molecule has 0 radical (unpaired) electrons. The van der Waals surface area contributed by atoms with Gasteiger partial charge < -0.3 is 24.3 Å². The molecule has 3 heterocycles. The van der Waals surface area contributed by atoms with E-state index < -0.39 is 0 Å². The van der Waals surface area contributed by atoms with Crippen LogP contribution >= 0.6 is 0 Å². The summed E-state index contributed by atoms with van der Waals surface area (Å²) in [5.74, 6) is 1.60. The van der Waals surface area contributed by atoms with E-state index in [0.717, 1.165) is 55.9 Å². The molecule has 2 aliphatic rings. The van der Waals surface area contributed by atoms with Crippen LogP contribution < -0.4 is 15.0 Å². The molecule has 1 N–H and O–H groups in total. The number of nitrogens with one attached hydrogen (secondary N) is 1. The van der Waals surface area contributed by atoms with Gasteiger partial charge in [-0.15, -0.1) is 0 Å². The number of rotatable bonds is 4. The molecule has 1 fully saturated rings. The van der Waals surface area contributed by atoms with Gasteiger partial charge in [-0.2, -0.15) is 0 Å². The monoisotopic (exact) mass is 406 g/mol. The molecule has 2 aromatic carbocycles. The van der Waals surface area contributed by atoms with Crippen LogP contribution in [0.2, 0.25) is 0 Å². The van der Waals surface area contributed by atoms with Crippen LogP contribution in [-0.2, 0) is 22.6 Å². The molecule has 0 saturated carbocycles. The molecule has 0 aliphatic carbocycles. The van der Waals surface area contributed by atoms with Crippen molar-refractivity contribution >= 4 is 28.3 Å². The van der Waals surface area contributed by atoms with Crippen LogP contribution in [0, 0.1) is 0 Å². The van der Waals surface area contributed by atoms with E-state index in [-0.39, 0.29) is 12.0 Å². The van der Waals surface area contributed by atoms with Crippen LogP contribution in [0.5, 0.6) is 5.75 Å². The minimum absolute atomic E-state index is 0.111. The number of ether oxygens (including phenoxy) is 2. The number of carbonyl (C=O) groups is 1. The first kappa shape index (κ1) is 18.9. The number of aryl methyl sites for hydroxylation is 1. The van der Waals surface area contributed by atoms with Gasteiger partial charge in [-0.1, -0.05) is 12.1 Å². The highest BCUT2D eigenvalue weighted by molar-refractivity contribution is 5.96. The average Bonchev–Trinajstić information content (AvgIpc) is 3.37. The van der Waals surface area contributed by atoms with Gasteiger partial charge in [-0.25, -0.2) is 4.98 Å². The fraction of sp³-hybridized carbons (Fsp3) is 0.391. The maximum absolute atomic E-state index is 12.6. The minimum atomic E-state index is -0.378. The molecule has 3 aromatic rings. The number of nitrogens with zero attached hydrogens (tertiary/aromatic N) is 3. The van der Waals surface area contributed by atoms with Gasteiger partial charge in [0.25, 0.3) is 5.91 Å². The van der Waals surface area contributed by atoms with Crippen LogP contribution in [0.4, 0.5) is 11.4 Å². The first-order valence-corrected chi connectivity index (χ1v) is 10.5. The average molecular weight is 406 g/mol. The Kier molecular flexibility index (Phi) is 5.04. The zero-order valence-corrected chi connectivity index (χ0v) is 17.1. The van der Waals surface area contributed by atoms with E-state index in [1.54, 1.807) is 7.11 Å². The Morgan fingerprint density at radius 2 is 2.10 bits per heavy atom. The van der Waals surface area contributed by atoms with Crippen molar-refractivity contribution in [2.75, 3.05) is 30.5 Å². The van der Waals surface area contributed by atoms with E-state index in [1.807, 2.05) is 24.3 Å². The van der Waals surface area contributed by atoms with E-state index in [0.29, 0.717) is 18.0 Å². The number of para-hydroxylation sites is 2. The Morgan fingerprint density at radius 1 is 1.20 bits per heavy atom. The molecule has 1 saturated heterocycles. The van der Waals surface area contributed by atoms with Crippen molar-refractivity contribution in [3.05, 3.63) is 48.3 Å². The predicted molar refractivity (Wildman–Crippen MR) is 116 cm³/mol. The van der Waals surface area contributed by atoms with Crippen LogP contribution in [0.1, 0.15) is 25.1 Å². The van der Waals surface area contributed by atoms with Crippen molar-refractivity contribution in [3.63, 3.8) is 0 Å². The Bertz CT molecular complexity index is 1070. The van der Waals surface area contributed by atoms with Gasteiger partial charge >= 0.3 is 0 Å². The number of hydrogen-bond acceptors (Lipinski definition) is 5. The molecule has 7 heteroatoms. The number of hydrogen-bond donors (Lipinski definition) is 1. The number of amides is 1. The standard InChI is InChI=1S/C23H26N4O3/c1-29-20-10-9-16(14-18(20)25-23(28)21-8-4-13-30-21)26-11-5-12-27-19-7-3-2-6-17(19)24-22(27)15-26/h2-3,6-7,9-10,14,21H,4-5,8,11-13,15H2,1H3,(H,25,28)/t21-/m1/s1. The van der Waals surface area contributed by atoms with Crippen molar-refractivity contribution in [1.82, 2.24) is 9.55 Å². The summed E-state index contributed by atoms with van der Waals surface area (Å²) >= 11 is 0. The summed E-state index contributed by atoms with van der Waals surface area (Å²) in [6.07, 6.45) is 2.33. The summed E-state index contributed by atoms with van der Waals surface area (Å²) in [4.78, 5) is 19.7. The van der Waals surface area contributed by atoms with Gasteiger partial charge in [0.15, 0.2) is 0 Å². The number of benzene rings is 2. The Balaban J connectivity index is 1.42. The van der Waals surface area contributed by atoms with Crippen LogP contribution in [0.25, 0.3) is 11.0 Å². The van der Waals surface area contributed by atoms with Crippen molar-refractivity contribution < 1.29 is 14.3 Å². The Labute approximate surface area is 175 Å². The Morgan fingerprint density at radius 3 is 2.93 bits per heavy atom. The van der Waals surface area contributed by atoms with E-state index in [2.05, 4.69) is 33.0 Å². The number of aromatic nitrogens is 2. The van der Waals surface area contributed by atoms with E-state index in [4.69, 9.17) is 14.5 Å². The van der Waals surface area contributed by atoms with E-state index in [9.17, 15) is 4.79 Å². The molecular weight excluding hydrogens is 380 g/mol. The third kappa shape index (κ3) is 3.50. The normalized spacial score (nSPS) is 18.8. The lowest BCUT2D eigenvalue weighted by Crippen LogP contribution is -2.27. The summed E-state index contributed by atoms with van der Waals surface area (Å²) in [7, 11) is 1.62. The SMILES string of the molecule is COc1ccc(N2CCCn3c(nc4ccccc43)C2)cc1NC(=O)[C@H]1CCCO1. The maximum Gasteiger partial charge on any atom is 0.253 e. The topological polar surface area (TPSA) is 68.6 Å². The molecule has 0 bridgehead atoms. The number of imidazole rings is 1. The largest absolute Gasteiger partial charge is 0.495 e. The molecule has 2 aliphatic heterocycles. The number of fused-ring (bicyclic) bond motifs is 3. The fourth-order valence-electron chi connectivity index (χ4n) is 4.37. The summed E-state index contributed by atoms with van der Waals surface area (Å²) in [5, 5.41) is 3.00. The van der Waals surface area contributed by atoms with Gasteiger partial charge in [0.05, 0.1) is 30.4 Å². The zero-order valence-electron chi connectivity index (χ0n) is 17.1. The molecule has 7 nitrogen and oxygen atoms in total. The zero-order chi connectivity index (χ0) is 20.5. The second kappa shape index (κ2) is 7.99. The quantitative estimate of drug-likeness (QED) is 0.717. The molecule has 1 aromatic heterocycles. The number of methoxy groups -OCH3 is 1. The van der Waals surface area contributed by atoms with E-state index in [1.165, 1.54) is 5.52 Å². The molecule has 1 atom stereocenters. The Hall–Kier alpha value is -3.06. The molecule has 1 amide bonds. The van der Waals surface area contributed by atoms with Gasteiger partial charge in [0.1, 0.15) is 17.7 Å². The summed E-state index contributed by atoms with van der Waals surface area (Å²) in [5.41, 5.74) is 3.94. The fourth-order valence-corrected chi connectivity index (χ4v) is 4.37. The van der Waals surface area contributed by atoms with Crippen molar-refractivity contribution in [1.29, 1.82) is 0 Å². The molecule has 5 rings (SSSR count). The lowest BCUT2D eigenvalue weighted by Gasteiger charge is -2.23. The third-order valence-corrected chi connectivity index (χ3v) is 5.90. The summed E-state index contributed by atoms with van der Waals surface area (Å²) < 4.78 is 13.3. The van der Waals surface area contributed by atoms with Crippen molar-refractivity contribution in [2.45, 2.75) is 38.5 Å². The molecule has 0 unspecified atom stereocenters.